The number of hydrogen-bond acceptors (Lipinski definition) is 4. The van der Waals surface area contributed by atoms with E-state index in [-0.39, 0.29) is 11.6 Å². The zero-order valence-corrected chi connectivity index (χ0v) is 15.7. The first-order valence-electron chi connectivity index (χ1n) is 8.83. The lowest BCUT2D eigenvalue weighted by atomic mass is 10.2. The molecule has 0 radical (unpaired) electrons. The van der Waals surface area contributed by atoms with Crippen LogP contribution in [0.1, 0.15) is 13.3 Å². The van der Waals surface area contributed by atoms with E-state index in [0.717, 1.165) is 31.9 Å². The van der Waals surface area contributed by atoms with E-state index in [1.807, 2.05) is 31.2 Å². The fraction of sp³-hybridized carbons (Fsp3) is 0.368. The van der Waals surface area contributed by atoms with Crippen LogP contribution in [0.15, 0.2) is 48.5 Å². The second-order valence-electron chi connectivity index (χ2n) is 6.39. The van der Waals surface area contributed by atoms with Crippen molar-refractivity contribution in [2.75, 3.05) is 46.5 Å². The lowest BCUT2D eigenvalue weighted by molar-refractivity contribution is 0.597. The van der Waals surface area contributed by atoms with Gasteiger partial charge in [-0.25, -0.2) is 12.8 Å². The lowest BCUT2D eigenvalue weighted by Gasteiger charge is -2.37. The summed E-state index contributed by atoms with van der Waals surface area (Å²) in [4.78, 5) is 4.28. The molecule has 5 nitrogen and oxygen atoms in total. The van der Waals surface area contributed by atoms with Crippen LogP contribution in [-0.4, -0.2) is 40.3 Å². The minimum atomic E-state index is -3.27. The Hall–Kier alpha value is -2.28. The van der Waals surface area contributed by atoms with Crippen molar-refractivity contribution in [2.45, 2.75) is 13.3 Å². The highest BCUT2D eigenvalue weighted by Gasteiger charge is 2.19. The normalized spacial score (nSPS) is 15.2. The van der Waals surface area contributed by atoms with Crippen LogP contribution in [0, 0.1) is 5.82 Å². The number of hydrogen-bond donors (Lipinski definition) is 1. The molecule has 0 bridgehead atoms. The number of benzene rings is 2. The lowest BCUT2D eigenvalue weighted by Crippen LogP contribution is -2.46. The van der Waals surface area contributed by atoms with E-state index in [4.69, 9.17) is 0 Å². The first kappa shape index (κ1) is 18.5. The number of nitrogens with zero attached hydrogens (tertiary/aromatic N) is 2. The van der Waals surface area contributed by atoms with Crippen molar-refractivity contribution in [3.63, 3.8) is 0 Å². The van der Waals surface area contributed by atoms with Gasteiger partial charge in [0.15, 0.2) is 0 Å². The summed E-state index contributed by atoms with van der Waals surface area (Å²) in [6.45, 7) is 4.89. The fourth-order valence-corrected chi connectivity index (χ4v) is 4.29. The van der Waals surface area contributed by atoms with Crippen molar-refractivity contribution in [3.05, 3.63) is 54.3 Å². The van der Waals surface area contributed by atoms with Gasteiger partial charge in [0.05, 0.1) is 11.4 Å². The van der Waals surface area contributed by atoms with Gasteiger partial charge < -0.3 is 9.80 Å². The second kappa shape index (κ2) is 7.95. The van der Waals surface area contributed by atoms with Crippen molar-refractivity contribution < 1.29 is 12.8 Å². The van der Waals surface area contributed by atoms with Gasteiger partial charge in [-0.15, -0.1) is 0 Å². The molecule has 0 amide bonds. The van der Waals surface area contributed by atoms with Crippen LogP contribution in [0.25, 0.3) is 0 Å². The molecule has 0 atom stereocenters. The summed E-state index contributed by atoms with van der Waals surface area (Å²) in [7, 11) is -3.27. The molecule has 1 N–H and O–H groups in total. The summed E-state index contributed by atoms with van der Waals surface area (Å²) in [6.07, 6.45) is 0.583. The van der Waals surface area contributed by atoms with Crippen LogP contribution < -0.4 is 14.5 Å². The Morgan fingerprint density at radius 1 is 0.962 bits per heavy atom. The quantitative estimate of drug-likeness (QED) is 0.839. The highest BCUT2D eigenvalue weighted by Crippen LogP contribution is 2.24. The molecule has 0 aromatic heterocycles. The van der Waals surface area contributed by atoms with Crippen LogP contribution in [0.2, 0.25) is 0 Å². The number of sulfonamides is 1. The summed E-state index contributed by atoms with van der Waals surface area (Å²) in [5.74, 6) is -0.0723. The number of piperazine rings is 1. The zero-order valence-electron chi connectivity index (χ0n) is 14.9. The van der Waals surface area contributed by atoms with Gasteiger partial charge in [0, 0.05) is 37.6 Å². The summed E-state index contributed by atoms with van der Waals surface area (Å²) in [5, 5.41) is 0. The van der Waals surface area contributed by atoms with E-state index in [9.17, 15) is 12.8 Å². The maximum atomic E-state index is 13.9. The third kappa shape index (κ3) is 4.46. The van der Waals surface area contributed by atoms with Gasteiger partial charge in [0.1, 0.15) is 5.82 Å². The monoisotopic (exact) mass is 377 g/mol. The number of para-hydroxylation sites is 1. The first-order chi connectivity index (χ1) is 12.5. The zero-order chi connectivity index (χ0) is 18.6. The molecule has 2 aromatic rings. The number of rotatable bonds is 6. The Morgan fingerprint density at radius 3 is 2.19 bits per heavy atom. The molecule has 7 heteroatoms. The largest absolute Gasteiger partial charge is 0.368 e. The van der Waals surface area contributed by atoms with E-state index in [1.165, 1.54) is 6.07 Å². The topological polar surface area (TPSA) is 52.7 Å². The minimum absolute atomic E-state index is 0.118. The SMILES string of the molecule is CCCS(=O)(=O)Nc1ccc(N2CCN(c3ccccc3F)CC2)cc1. The highest BCUT2D eigenvalue weighted by atomic mass is 32.2. The maximum Gasteiger partial charge on any atom is 0.232 e. The summed E-state index contributed by atoms with van der Waals surface area (Å²) in [6, 6.07) is 14.2. The molecule has 1 heterocycles. The minimum Gasteiger partial charge on any atom is -0.368 e. The van der Waals surface area contributed by atoms with Gasteiger partial charge in [-0.2, -0.15) is 0 Å². The Kier molecular flexibility index (Phi) is 5.66. The Balaban J connectivity index is 1.60. The average Bonchev–Trinajstić information content (AvgIpc) is 2.63. The number of anilines is 3. The van der Waals surface area contributed by atoms with E-state index >= 15 is 0 Å². The molecule has 1 saturated heterocycles. The number of nitrogens with one attached hydrogen (secondary N) is 1. The van der Waals surface area contributed by atoms with Gasteiger partial charge in [0.25, 0.3) is 0 Å². The molecule has 1 aliphatic heterocycles. The third-order valence-electron chi connectivity index (χ3n) is 4.45. The molecule has 0 aliphatic carbocycles. The summed E-state index contributed by atoms with van der Waals surface area (Å²) < 4.78 is 40.2. The Labute approximate surface area is 154 Å². The second-order valence-corrected chi connectivity index (χ2v) is 8.24. The van der Waals surface area contributed by atoms with Crippen LogP contribution in [-0.2, 0) is 10.0 Å². The molecule has 3 rings (SSSR count). The molecule has 2 aromatic carbocycles. The van der Waals surface area contributed by atoms with Gasteiger partial charge in [-0.3, -0.25) is 4.72 Å². The first-order valence-corrected chi connectivity index (χ1v) is 10.5. The molecular weight excluding hydrogens is 353 g/mol. The van der Waals surface area contributed by atoms with Gasteiger partial charge >= 0.3 is 0 Å². The molecular formula is C19H24FN3O2S. The van der Waals surface area contributed by atoms with E-state index in [1.54, 1.807) is 18.2 Å². The smallest absolute Gasteiger partial charge is 0.232 e. The van der Waals surface area contributed by atoms with Gasteiger partial charge in [0.2, 0.25) is 10.0 Å². The standard InChI is InChI=1S/C19H24FN3O2S/c1-2-15-26(24,25)21-16-7-9-17(10-8-16)22-11-13-23(14-12-22)19-6-4-3-5-18(19)20/h3-10,21H,2,11-15H2,1H3. The number of halogens is 1. The van der Waals surface area contributed by atoms with E-state index in [2.05, 4.69) is 14.5 Å². The van der Waals surface area contributed by atoms with Crippen LogP contribution in [0.4, 0.5) is 21.5 Å². The van der Waals surface area contributed by atoms with Gasteiger partial charge in [-0.05, 0) is 42.8 Å². The highest BCUT2D eigenvalue weighted by molar-refractivity contribution is 7.92. The molecule has 1 aliphatic rings. The molecule has 140 valence electrons. The predicted octanol–water partition coefficient (Wildman–Crippen LogP) is 3.30. The van der Waals surface area contributed by atoms with E-state index < -0.39 is 10.0 Å². The van der Waals surface area contributed by atoms with Crippen molar-refractivity contribution in [2.24, 2.45) is 0 Å². The average molecular weight is 377 g/mol. The van der Waals surface area contributed by atoms with Crippen LogP contribution in [0.5, 0.6) is 0 Å². The maximum absolute atomic E-state index is 13.9. The van der Waals surface area contributed by atoms with Crippen molar-refractivity contribution in [3.8, 4) is 0 Å². The van der Waals surface area contributed by atoms with Crippen LogP contribution >= 0.6 is 0 Å². The van der Waals surface area contributed by atoms with Crippen molar-refractivity contribution in [1.29, 1.82) is 0 Å². The summed E-state index contributed by atoms with van der Waals surface area (Å²) >= 11 is 0. The van der Waals surface area contributed by atoms with E-state index in [0.29, 0.717) is 17.8 Å². The van der Waals surface area contributed by atoms with Gasteiger partial charge in [-0.1, -0.05) is 19.1 Å². The fourth-order valence-electron chi connectivity index (χ4n) is 3.15. The van der Waals surface area contributed by atoms with Crippen LogP contribution in [0.3, 0.4) is 0 Å². The molecule has 0 saturated carbocycles. The Bertz CT molecular complexity index is 832. The molecule has 0 spiro atoms. The molecule has 26 heavy (non-hydrogen) atoms. The third-order valence-corrected chi connectivity index (χ3v) is 5.94. The molecule has 0 unspecified atom stereocenters. The van der Waals surface area contributed by atoms with Crippen molar-refractivity contribution in [1.82, 2.24) is 0 Å². The predicted molar refractivity (Wildman–Crippen MR) is 105 cm³/mol. The van der Waals surface area contributed by atoms with Crippen molar-refractivity contribution >= 4 is 27.1 Å². The summed E-state index contributed by atoms with van der Waals surface area (Å²) in [5.41, 5.74) is 2.26. The Morgan fingerprint density at radius 2 is 1.58 bits per heavy atom. The molecule has 1 fully saturated rings.